The molecule has 0 atom stereocenters. The van der Waals surface area contributed by atoms with Gasteiger partial charge in [0, 0.05) is 11.4 Å². The first-order valence-electron chi connectivity index (χ1n) is 5.71. The largest absolute Gasteiger partial charge is 0.398 e. The van der Waals surface area contributed by atoms with Gasteiger partial charge in [-0.25, -0.2) is 4.79 Å². The van der Waals surface area contributed by atoms with Gasteiger partial charge in [0.25, 0.3) is 0 Å². The van der Waals surface area contributed by atoms with Crippen LogP contribution in [0, 0.1) is 11.3 Å². The number of benzene rings is 2. The van der Waals surface area contributed by atoms with Crippen molar-refractivity contribution in [3.05, 3.63) is 53.1 Å². The Morgan fingerprint density at radius 1 is 1.15 bits per heavy atom. The SMILES string of the molecule is N#Cc1cccc(NC(=O)Nc2ccc(N)c(Cl)c2)c1. The van der Waals surface area contributed by atoms with E-state index in [1.807, 2.05) is 6.07 Å². The summed E-state index contributed by atoms with van der Waals surface area (Å²) in [5.74, 6) is 0. The molecule has 0 fully saturated rings. The standard InChI is InChI=1S/C14H11ClN4O/c15-12-7-11(4-5-13(12)17)19-14(20)18-10-3-1-2-9(6-10)8-16/h1-7H,17H2,(H2,18,19,20). The van der Waals surface area contributed by atoms with E-state index in [4.69, 9.17) is 22.6 Å². The van der Waals surface area contributed by atoms with Crippen molar-refractivity contribution in [3.8, 4) is 6.07 Å². The number of anilines is 3. The van der Waals surface area contributed by atoms with Gasteiger partial charge in [0.15, 0.2) is 0 Å². The maximum absolute atomic E-state index is 11.8. The Morgan fingerprint density at radius 3 is 2.50 bits per heavy atom. The molecule has 0 saturated carbocycles. The number of halogens is 1. The van der Waals surface area contributed by atoms with Crippen LogP contribution in [-0.2, 0) is 0 Å². The smallest absolute Gasteiger partial charge is 0.323 e. The topological polar surface area (TPSA) is 90.9 Å². The molecule has 4 N–H and O–H groups in total. The molecule has 2 amide bonds. The molecule has 0 aliphatic rings. The van der Waals surface area contributed by atoms with E-state index in [-0.39, 0.29) is 0 Å². The van der Waals surface area contributed by atoms with Crippen LogP contribution in [0.1, 0.15) is 5.56 Å². The van der Waals surface area contributed by atoms with Crippen LogP contribution in [0.2, 0.25) is 5.02 Å². The summed E-state index contributed by atoms with van der Waals surface area (Å²) in [5.41, 5.74) is 7.56. The summed E-state index contributed by atoms with van der Waals surface area (Å²) in [5, 5.41) is 14.4. The number of hydrogen-bond acceptors (Lipinski definition) is 3. The molecule has 0 unspecified atom stereocenters. The summed E-state index contributed by atoms with van der Waals surface area (Å²) in [4.78, 5) is 11.8. The first-order valence-corrected chi connectivity index (χ1v) is 6.09. The van der Waals surface area contributed by atoms with Gasteiger partial charge in [0.05, 0.1) is 22.3 Å². The Morgan fingerprint density at radius 2 is 1.85 bits per heavy atom. The zero-order chi connectivity index (χ0) is 14.5. The number of carbonyl (C=O) groups is 1. The molecule has 100 valence electrons. The summed E-state index contributed by atoms with van der Waals surface area (Å²) < 4.78 is 0. The lowest BCUT2D eigenvalue weighted by atomic mass is 10.2. The molecular weight excluding hydrogens is 276 g/mol. The Kier molecular flexibility index (Phi) is 4.08. The summed E-state index contributed by atoms with van der Waals surface area (Å²) in [6.45, 7) is 0. The molecule has 2 rings (SSSR count). The number of nitrogen functional groups attached to an aromatic ring is 1. The van der Waals surface area contributed by atoms with Crippen molar-refractivity contribution in [1.82, 2.24) is 0 Å². The number of amides is 2. The third-order valence-corrected chi connectivity index (χ3v) is 2.84. The van der Waals surface area contributed by atoms with Crippen LogP contribution < -0.4 is 16.4 Å². The predicted octanol–water partition coefficient (Wildman–Crippen LogP) is 3.44. The number of carbonyl (C=O) groups excluding carboxylic acids is 1. The summed E-state index contributed by atoms with van der Waals surface area (Å²) >= 11 is 5.86. The molecule has 20 heavy (non-hydrogen) atoms. The third kappa shape index (κ3) is 3.40. The van der Waals surface area contributed by atoms with Crippen LogP contribution in [0.15, 0.2) is 42.5 Å². The Balaban J connectivity index is 2.05. The van der Waals surface area contributed by atoms with Crippen LogP contribution in [-0.4, -0.2) is 6.03 Å². The molecular formula is C14H11ClN4O. The van der Waals surface area contributed by atoms with Gasteiger partial charge in [0.1, 0.15) is 0 Å². The fourth-order valence-corrected chi connectivity index (χ4v) is 1.75. The highest BCUT2D eigenvalue weighted by atomic mass is 35.5. The zero-order valence-electron chi connectivity index (χ0n) is 10.4. The normalized spacial score (nSPS) is 9.60. The van der Waals surface area contributed by atoms with E-state index in [2.05, 4.69) is 10.6 Å². The van der Waals surface area contributed by atoms with Crippen LogP contribution in [0.4, 0.5) is 21.9 Å². The maximum Gasteiger partial charge on any atom is 0.323 e. The van der Waals surface area contributed by atoms with E-state index in [0.717, 1.165) is 0 Å². The molecule has 0 aromatic heterocycles. The Labute approximate surface area is 121 Å². The van der Waals surface area contributed by atoms with Gasteiger partial charge >= 0.3 is 6.03 Å². The van der Waals surface area contributed by atoms with E-state index < -0.39 is 6.03 Å². The number of nitriles is 1. The van der Waals surface area contributed by atoms with E-state index in [9.17, 15) is 4.79 Å². The molecule has 0 aliphatic carbocycles. The number of nitrogens with two attached hydrogens (primary N) is 1. The van der Waals surface area contributed by atoms with E-state index >= 15 is 0 Å². The molecule has 0 radical (unpaired) electrons. The van der Waals surface area contributed by atoms with Crippen molar-refractivity contribution in [2.24, 2.45) is 0 Å². The van der Waals surface area contributed by atoms with Crippen LogP contribution in [0.3, 0.4) is 0 Å². The van der Waals surface area contributed by atoms with Crippen LogP contribution in [0.25, 0.3) is 0 Å². The number of hydrogen-bond donors (Lipinski definition) is 3. The van der Waals surface area contributed by atoms with Crippen molar-refractivity contribution >= 4 is 34.7 Å². The van der Waals surface area contributed by atoms with Crippen molar-refractivity contribution in [1.29, 1.82) is 5.26 Å². The number of rotatable bonds is 2. The molecule has 5 nitrogen and oxygen atoms in total. The van der Waals surface area contributed by atoms with Crippen LogP contribution in [0.5, 0.6) is 0 Å². The molecule has 2 aromatic rings. The Hall–Kier alpha value is -2.71. The summed E-state index contributed by atoms with van der Waals surface area (Å²) in [6, 6.07) is 13.0. The summed E-state index contributed by atoms with van der Waals surface area (Å²) in [7, 11) is 0. The Bertz CT molecular complexity index is 694. The lowest BCUT2D eigenvalue weighted by Crippen LogP contribution is -2.19. The van der Waals surface area contributed by atoms with Gasteiger partial charge < -0.3 is 16.4 Å². The lowest BCUT2D eigenvalue weighted by molar-refractivity contribution is 0.262. The van der Waals surface area contributed by atoms with Gasteiger partial charge in [-0.15, -0.1) is 0 Å². The molecule has 0 spiro atoms. The average Bonchev–Trinajstić information content (AvgIpc) is 2.43. The molecule has 0 bridgehead atoms. The van der Waals surface area contributed by atoms with Crippen molar-refractivity contribution in [2.45, 2.75) is 0 Å². The van der Waals surface area contributed by atoms with E-state index in [0.29, 0.717) is 27.6 Å². The minimum atomic E-state index is -0.430. The monoisotopic (exact) mass is 286 g/mol. The number of nitrogens with zero attached hydrogens (tertiary/aromatic N) is 1. The quantitative estimate of drug-likeness (QED) is 0.739. The molecule has 0 saturated heterocycles. The highest BCUT2D eigenvalue weighted by molar-refractivity contribution is 6.33. The van der Waals surface area contributed by atoms with Crippen molar-refractivity contribution < 1.29 is 4.79 Å². The maximum atomic E-state index is 11.8. The van der Waals surface area contributed by atoms with Gasteiger partial charge in [-0.2, -0.15) is 5.26 Å². The van der Waals surface area contributed by atoms with Crippen molar-refractivity contribution in [3.63, 3.8) is 0 Å². The zero-order valence-corrected chi connectivity index (χ0v) is 11.1. The first-order chi connectivity index (χ1) is 9.58. The third-order valence-electron chi connectivity index (χ3n) is 2.51. The van der Waals surface area contributed by atoms with Gasteiger partial charge in [-0.1, -0.05) is 17.7 Å². The van der Waals surface area contributed by atoms with Crippen LogP contribution >= 0.6 is 11.6 Å². The summed E-state index contributed by atoms with van der Waals surface area (Å²) in [6.07, 6.45) is 0. The van der Waals surface area contributed by atoms with Gasteiger partial charge in [-0.05, 0) is 36.4 Å². The number of nitrogens with one attached hydrogen (secondary N) is 2. The lowest BCUT2D eigenvalue weighted by Gasteiger charge is -2.08. The van der Waals surface area contributed by atoms with E-state index in [1.54, 1.807) is 42.5 Å². The molecule has 0 aliphatic heterocycles. The average molecular weight is 287 g/mol. The van der Waals surface area contributed by atoms with Crippen molar-refractivity contribution in [2.75, 3.05) is 16.4 Å². The molecule has 0 heterocycles. The second-order valence-electron chi connectivity index (χ2n) is 4.01. The minimum absolute atomic E-state index is 0.370. The van der Waals surface area contributed by atoms with E-state index in [1.165, 1.54) is 0 Å². The highest BCUT2D eigenvalue weighted by Gasteiger charge is 2.05. The molecule has 6 heteroatoms. The predicted molar refractivity (Wildman–Crippen MR) is 79.7 cm³/mol. The van der Waals surface area contributed by atoms with Gasteiger partial charge in [-0.3, -0.25) is 0 Å². The second-order valence-corrected chi connectivity index (χ2v) is 4.42. The highest BCUT2D eigenvalue weighted by Crippen LogP contribution is 2.22. The fourth-order valence-electron chi connectivity index (χ4n) is 1.56. The first kappa shape index (κ1) is 13.7. The molecule has 2 aromatic carbocycles. The number of urea groups is 1. The minimum Gasteiger partial charge on any atom is -0.398 e. The fraction of sp³-hybridized carbons (Fsp3) is 0. The van der Waals surface area contributed by atoms with Gasteiger partial charge in [0.2, 0.25) is 0 Å². The second kappa shape index (κ2) is 5.95.